The number of unbranched alkanes of at least 4 members (excludes halogenated alkanes) is 1. The molecular formula is C18H18N6OS2. The molecule has 0 aliphatic carbocycles. The Morgan fingerprint density at radius 1 is 1.19 bits per heavy atom. The minimum Gasteiger partial charge on any atom is -0.333 e. The number of aryl methyl sites for hydroxylation is 1. The van der Waals surface area contributed by atoms with Crippen LogP contribution in [0.15, 0.2) is 51.5 Å². The molecular weight excluding hydrogens is 380 g/mol. The monoisotopic (exact) mass is 398 g/mol. The van der Waals surface area contributed by atoms with Crippen LogP contribution in [0.3, 0.4) is 0 Å². The zero-order valence-corrected chi connectivity index (χ0v) is 16.4. The Balaban J connectivity index is 1.43. The van der Waals surface area contributed by atoms with Crippen LogP contribution < -0.4 is 0 Å². The number of thiophene rings is 1. The van der Waals surface area contributed by atoms with Gasteiger partial charge < -0.3 is 4.52 Å². The first-order valence-electron chi connectivity index (χ1n) is 8.70. The first-order chi connectivity index (χ1) is 13.3. The lowest BCUT2D eigenvalue weighted by atomic mass is 10.1. The van der Waals surface area contributed by atoms with Gasteiger partial charge in [0.05, 0.1) is 16.3 Å². The second-order valence-electron chi connectivity index (χ2n) is 5.92. The second kappa shape index (κ2) is 8.45. The van der Waals surface area contributed by atoms with Crippen molar-refractivity contribution in [3.05, 3.63) is 53.2 Å². The Kier molecular flexibility index (Phi) is 5.59. The van der Waals surface area contributed by atoms with E-state index in [1.165, 1.54) is 30.2 Å². The number of thioether (sulfide) groups is 1. The van der Waals surface area contributed by atoms with Crippen molar-refractivity contribution in [2.24, 2.45) is 0 Å². The van der Waals surface area contributed by atoms with E-state index in [2.05, 4.69) is 56.9 Å². The van der Waals surface area contributed by atoms with Gasteiger partial charge in [0, 0.05) is 0 Å². The molecule has 4 aromatic rings. The Hall–Kier alpha value is -2.52. The van der Waals surface area contributed by atoms with Crippen molar-refractivity contribution in [3.8, 4) is 16.5 Å². The van der Waals surface area contributed by atoms with Crippen LogP contribution in [0.2, 0.25) is 0 Å². The molecule has 0 bridgehead atoms. The van der Waals surface area contributed by atoms with Gasteiger partial charge >= 0.3 is 0 Å². The smallest absolute Gasteiger partial charge is 0.268 e. The fourth-order valence-corrected chi connectivity index (χ4v) is 3.94. The van der Waals surface area contributed by atoms with Crippen LogP contribution in [0, 0.1) is 0 Å². The standard InChI is InChI=1S/C18H18N6OS2/c1-2-3-5-13-7-9-14(10-8-13)24-18(20-22-23-24)27-12-16-19-17(25-21-16)15-6-4-11-26-15/h4,6-11H,2-3,5,12H2,1H3. The van der Waals surface area contributed by atoms with Crippen LogP contribution in [-0.2, 0) is 12.2 Å². The van der Waals surface area contributed by atoms with Gasteiger partial charge in [0.2, 0.25) is 5.16 Å². The third-order valence-electron chi connectivity index (χ3n) is 3.97. The Morgan fingerprint density at radius 2 is 2.07 bits per heavy atom. The van der Waals surface area contributed by atoms with Crippen molar-refractivity contribution in [1.29, 1.82) is 0 Å². The molecule has 0 fully saturated rings. The van der Waals surface area contributed by atoms with Crippen LogP contribution in [0.25, 0.3) is 16.5 Å². The summed E-state index contributed by atoms with van der Waals surface area (Å²) < 4.78 is 7.05. The molecule has 0 aliphatic heterocycles. The second-order valence-corrected chi connectivity index (χ2v) is 7.82. The van der Waals surface area contributed by atoms with Gasteiger partial charge in [-0.15, -0.1) is 16.4 Å². The number of tetrazole rings is 1. The summed E-state index contributed by atoms with van der Waals surface area (Å²) in [4.78, 5) is 5.39. The van der Waals surface area contributed by atoms with Crippen LogP contribution in [0.1, 0.15) is 31.2 Å². The number of hydrogen-bond donors (Lipinski definition) is 0. The van der Waals surface area contributed by atoms with E-state index in [1.807, 2.05) is 17.5 Å². The third kappa shape index (κ3) is 4.25. The van der Waals surface area contributed by atoms with E-state index >= 15 is 0 Å². The summed E-state index contributed by atoms with van der Waals surface area (Å²) in [5, 5.41) is 18.7. The summed E-state index contributed by atoms with van der Waals surface area (Å²) in [5.41, 5.74) is 2.27. The molecule has 0 atom stereocenters. The molecule has 0 radical (unpaired) electrons. The minimum atomic E-state index is 0.532. The molecule has 0 aliphatic rings. The summed E-state index contributed by atoms with van der Waals surface area (Å²) in [6.07, 6.45) is 3.49. The first kappa shape index (κ1) is 17.9. The average Bonchev–Trinajstić information content (AvgIpc) is 3.46. The lowest BCUT2D eigenvalue weighted by Gasteiger charge is -2.05. The molecule has 0 spiro atoms. The predicted octanol–water partition coefficient (Wildman–Crippen LogP) is 4.41. The molecule has 9 heteroatoms. The molecule has 4 rings (SSSR count). The van der Waals surface area contributed by atoms with Crippen molar-refractivity contribution >= 4 is 23.1 Å². The van der Waals surface area contributed by atoms with Gasteiger partial charge in [-0.3, -0.25) is 0 Å². The molecule has 0 N–H and O–H groups in total. The largest absolute Gasteiger partial charge is 0.333 e. The van der Waals surface area contributed by atoms with Crippen LogP contribution in [0.4, 0.5) is 0 Å². The van der Waals surface area contributed by atoms with Gasteiger partial charge in [-0.2, -0.15) is 9.67 Å². The molecule has 0 saturated heterocycles. The summed E-state index contributed by atoms with van der Waals surface area (Å²) >= 11 is 3.05. The number of benzene rings is 1. The lowest BCUT2D eigenvalue weighted by molar-refractivity contribution is 0.426. The molecule has 27 heavy (non-hydrogen) atoms. The normalized spacial score (nSPS) is 11.1. The van der Waals surface area contributed by atoms with E-state index < -0.39 is 0 Å². The molecule has 3 aromatic heterocycles. The Bertz CT molecular complexity index is 978. The van der Waals surface area contributed by atoms with Crippen molar-refractivity contribution in [3.63, 3.8) is 0 Å². The molecule has 0 saturated carbocycles. The molecule has 138 valence electrons. The van der Waals surface area contributed by atoms with Gasteiger partial charge in [-0.1, -0.05) is 48.5 Å². The minimum absolute atomic E-state index is 0.532. The molecule has 1 aromatic carbocycles. The number of hydrogen-bond acceptors (Lipinski definition) is 8. The fourth-order valence-electron chi connectivity index (χ4n) is 2.56. The highest BCUT2D eigenvalue weighted by Crippen LogP contribution is 2.25. The number of aromatic nitrogens is 6. The highest BCUT2D eigenvalue weighted by molar-refractivity contribution is 7.98. The summed E-state index contributed by atoms with van der Waals surface area (Å²) in [5.74, 6) is 1.69. The van der Waals surface area contributed by atoms with E-state index in [-0.39, 0.29) is 0 Å². The summed E-state index contributed by atoms with van der Waals surface area (Å²) in [6.45, 7) is 2.20. The van der Waals surface area contributed by atoms with Crippen LogP contribution in [0.5, 0.6) is 0 Å². The average molecular weight is 399 g/mol. The topological polar surface area (TPSA) is 82.5 Å². The predicted molar refractivity (Wildman–Crippen MR) is 105 cm³/mol. The highest BCUT2D eigenvalue weighted by atomic mass is 32.2. The van der Waals surface area contributed by atoms with E-state index in [4.69, 9.17) is 4.52 Å². The van der Waals surface area contributed by atoms with Gasteiger partial charge in [0.1, 0.15) is 0 Å². The molecule has 7 nitrogen and oxygen atoms in total. The Labute approximate surface area is 164 Å². The van der Waals surface area contributed by atoms with Crippen LogP contribution in [-0.4, -0.2) is 30.3 Å². The summed E-state index contributed by atoms with van der Waals surface area (Å²) in [6, 6.07) is 12.3. The van der Waals surface area contributed by atoms with Gasteiger partial charge in [0.25, 0.3) is 5.89 Å². The maximum Gasteiger partial charge on any atom is 0.268 e. The fraction of sp³-hybridized carbons (Fsp3) is 0.278. The highest BCUT2D eigenvalue weighted by Gasteiger charge is 2.13. The molecule has 3 heterocycles. The van der Waals surface area contributed by atoms with E-state index in [0.717, 1.165) is 17.0 Å². The van der Waals surface area contributed by atoms with Crippen molar-refractivity contribution < 1.29 is 4.52 Å². The van der Waals surface area contributed by atoms with Crippen molar-refractivity contribution in [2.75, 3.05) is 0 Å². The van der Waals surface area contributed by atoms with Crippen LogP contribution >= 0.6 is 23.1 Å². The number of rotatable bonds is 8. The van der Waals surface area contributed by atoms with E-state index in [9.17, 15) is 0 Å². The maximum atomic E-state index is 5.32. The lowest BCUT2D eigenvalue weighted by Crippen LogP contribution is -1.99. The molecule has 0 amide bonds. The first-order valence-corrected chi connectivity index (χ1v) is 10.6. The maximum absolute atomic E-state index is 5.32. The van der Waals surface area contributed by atoms with Gasteiger partial charge in [-0.25, -0.2) is 0 Å². The number of nitrogens with zero attached hydrogens (tertiary/aromatic N) is 6. The van der Waals surface area contributed by atoms with E-state index in [1.54, 1.807) is 16.0 Å². The molecule has 0 unspecified atom stereocenters. The van der Waals surface area contributed by atoms with Crippen molar-refractivity contribution in [1.82, 2.24) is 30.3 Å². The van der Waals surface area contributed by atoms with Gasteiger partial charge in [-0.05, 0) is 52.4 Å². The SMILES string of the molecule is CCCCc1ccc(-n2nnnc2SCc2noc(-c3cccs3)n2)cc1. The third-order valence-corrected chi connectivity index (χ3v) is 5.74. The zero-order chi connectivity index (χ0) is 18.5. The zero-order valence-electron chi connectivity index (χ0n) is 14.8. The van der Waals surface area contributed by atoms with E-state index in [0.29, 0.717) is 22.6 Å². The Morgan fingerprint density at radius 3 is 2.85 bits per heavy atom. The summed E-state index contributed by atoms with van der Waals surface area (Å²) in [7, 11) is 0. The van der Waals surface area contributed by atoms with Crippen molar-refractivity contribution in [2.45, 2.75) is 37.1 Å². The quantitative estimate of drug-likeness (QED) is 0.407. The van der Waals surface area contributed by atoms with Gasteiger partial charge in [0.15, 0.2) is 5.82 Å².